The molecule has 17 heavy (non-hydrogen) atoms. The van der Waals surface area contributed by atoms with Gasteiger partial charge in [-0.1, -0.05) is 12.1 Å². The molecule has 0 bridgehead atoms. The van der Waals surface area contributed by atoms with Gasteiger partial charge in [0.25, 0.3) is 0 Å². The van der Waals surface area contributed by atoms with Crippen molar-refractivity contribution >= 4 is 11.9 Å². The lowest BCUT2D eigenvalue weighted by atomic mass is 10.2. The van der Waals surface area contributed by atoms with Gasteiger partial charge in [0.2, 0.25) is 5.91 Å². The molecule has 1 aromatic heterocycles. The highest BCUT2D eigenvalue weighted by Crippen LogP contribution is 2.12. The third-order valence-corrected chi connectivity index (χ3v) is 2.85. The minimum Gasteiger partial charge on any atom is -0.476 e. The van der Waals surface area contributed by atoms with Gasteiger partial charge in [-0.25, -0.2) is 9.48 Å². The van der Waals surface area contributed by atoms with E-state index in [-0.39, 0.29) is 17.6 Å². The summed E-state index contributed by atoms with van der Waals surface area (Å²) in [6, 6.07) is 0.0242. The Kier molecular flexibility index (Phi) is 3.08. The number of amides is 1. The van der Waals surface area contributed by atoms with Gasteiger partial charge >= 0.3 is 5.97 Å². The van der Waals surface area contributed by atoms with Gasteiger partial charge in [0.05, 0.1) is 12.2 Å². The summed E-state index contributed by atoms with van der Waals surface area (Å²) < 4.78 is 1.57. The molecule has 1 unspecified atom stereocenters. The molecule has 1 aliphatic rings. The van der Waals surface area contributed by atoms with Gasteiger partial charge in [-0.2, -0.15) is 0 Å². The van der Waals surface area contributed by atoms with Crippen molar-refractivity contribution in [1.82, 2.24) is 20.3 Å². The summed E-state index contributed by atoms with van der Waals surface area (Å²) in [5.74, 6) is -1.03. The number of carboxylic acids is 1. The molecule has 1 aliphatic heterocycles. The van der Waals surface area contributed by atoms with Crippen LogP contribution in [0.4, 0.5) is 0 Å². The molecule has 1 atom stereocenters. The van der Waals surface area contributed by atoms with Gasteiger partial charge in [0.15, 0.2) is 5.69 Å². The number of rotatable bonds is 4. The fraction of sp³-hybridized carbons (Fsp3) is 0.600. The molecule has 92 valence electrons. The summed E-state index contributed by atoms with van der Waals surface area (Å²) >= 11 is 0. The number of nitrogens with one attached hydrogen (secondary N) is 1. The first-order valence-corrected chi connectivity index (χ1v) is 5.56. The zero-order valence-electron chi connectivity index (χ0n) is 9.51. The first-order chi connectivity index (χ1) is 8.11. The fourth-order valence-corrected chi connectivity index (χ4v) is 2.02. The quantitative estimate of drug-likeness (QED) is 0.758. The minimum atomic E-state index is -1.07. The summed E-state index contributed by atoms with van der Waals surface area (Å²) in [6.07, 6.45) is 1.83. The first-order valence-electron chi connectivity index (χ1n) is 5.56. The van der Waals surface area contributed by atoms with Crippen molar-refractivity contribution in [3.05, 3.63) is 11.4 Å². The highest BCUT2D eigenvalue weighted by atomic mass is 16.4. The predicted molar refractivity (Wildman–Crippen MR) is 57.5 cm³/mol. The highest BCUT2D eigenvalue weighted by molar-refractivity contribution is 5.86. The second-order valence-corrected chi connectivity index (χ2v) is 4.03. The van der Waals surface area contributed by atoms with Crippen LogP contribution in [0.25, 0.3) is 0 Å². The Balaban J connectivity index is 2.15. The third-order valence-electron chi connectivity index (χ3n) is 2.85. The van der Waals surface area contributed by atoms with Gasteiger partial charge in [-0.3, -0.25) is 4.79 Å². The molecule has 1 saturated heterocycles. The maximum atomic E-state index is 11.1. The lowest BCUT2D eigenvalue weighted by molar-refractivity contribution is -0.119. The van der Waals surface area contributed by atoms with Crippen molar-refractivity contribution in [3.63, 3.8) is 0 Å². The lowest BCUT2D eigenvalue weighted by Gasteiger charge is -2.11. The van der Waals surface area contributed by atoms with E-state index in [9.17, 15) is 9.59 Å². The van der Waals surface area contributed by atoms with Crippen LogP contribution in [0, 0.1) is 0 Å². The molecule has 1 fully saturated rings. The smallest absolute Gasteiger partial charge is 0.358 e. The van der Waals surface area contributed by atoms with Crippen molar-refractivity contribution in [2.24, 2.45) is 0 Å². The van der Waals surface area contributed by atoms with Crippen LogP contribution in [0.3, 0.4) is 0 Å². The van der Waals surface area contributed by atoms with E-state index in [2.05, 4.69) is 15.6 Å². The second-order valence-electron chi connectivity index (χ2n) is 4.03. The Bertz CT molecular complexity index is 454. The van der Waals surface area contributed by atoms with Gasteiger partial charge in [-0.05, 0) is 12.8 Å². The molecule has 2 heterocycles. The molecule has 0 spiro atoms. The first kappa shape index (κ1) is 11.6. The van der Waals surface area contributed by atoms with Crippen LogP contribution in [-0.4, -0.2) is 38.0 Å². The molecule has 0 aromatic carbocycles. The summed E-state index contributed by atoms with van der Waals surface area (Å²) in [5.41, 5.74) is 0.593. The van der Waals surface area contributed by atoms with Crippen LogP contribution in [0.5, 0.6) is 0 Å². The number of hydrogen-bond donors (Lipinski definition) is 2. The molecule has 0 saturated carbocycles. The van der Waals surface area contributed by atoms with Gasteiger partial charge < -0.3 is 10.4 Å². The zero-order valence-corrected chi connectivity index (χ0v) is 9.51. The van der Waals surface area contributed by atoms with Crippen LogP contribution in [0.2, 0.25) is 0 Å². The van der Waals surface area contributed by atoms with Crippen LogP contribution < -0.4 is 5.32 Å². The number of nitrogens with zero attached hydrogens (tertiary/aromatic N) is 3. The van der Waals surface area contributed by atoms with E-state index in [1.807, 2.05) is 6.92 Å². The Labute approximate surface area is 97.8 Å². The topological polar surface area (TPSA) is 97.1 Å². The summed E-state index contributed by atoms with van der Waals surface area (Å²) in [4.78, 5) is 22.0. The molecule has 0 radical (unpaired) electrons. The molecule has 1 amide bonds. The van der Waals surface area contributed by atoms with Crippen LogP contribution in [0.1, 0.15) is 35.9 Å². The van der Waals surface area contributed by atoms with Crippen LogP contribution in [-0.2, 0) is 17.8 Å². The van der Waals surface area contributed by atoms with Crippen molar-refractivity contribution in [2.45, 2.75) is 38.8 Å². The van der Waals surface area contributed by atoms with E-state index < -0.39 is 5.97 Å². The van der Waals surface area contributed by atoms with E-state index in [1.165, 1.54) is 0 Å². The SMILES string of the molecule is CCc1c(C(=O)O)nnn1CC1CCC(=O)N1. The summed E-state index contributed by atoms with van der Waals surface area (Å²) in [5, 5.41) is 19.2. The molecule has 7 heteroatoms. The molecule has 7 nitrogen and oxygen atoms in total. The molecular weight excluding hydrogens is 224 g/mol. The van der Waals surface area contributed by atoms with Crippen LogP contribution in [0.15, 0.2) is 0 Å². The molecular formula is C10H14N4O3. The maximum Gasteiger partial charge on any atom is 0.358 e. The number of carbonyl (C=O) groups is 2. The average molecular weight is 238 g/mol. The third kappa shape index (κ3) is 2.27. The fourth-order valence-electron chi connectivity index (χ4n) is 2.02. The number of aromatic carboxylic acids is 1. The molecule has 2 rings (SSSR count). The van der Waals surface area contributed by atoms with Crippen LogP contribution >= 0.6 is 0 Å². The molecule has 1 aromatic rings. The number of aromatic nitrogens is 3. The van der Waals surface area contributed by atoms with E-state index in [4.69, 9.17) is 5.11 Å². The number of hydrogen-bond acceptors (Lipinski definition) is 4. The summed E-state index contributed by atoms with van der Waals surface area (Å²) in [6.45, 7) is 2.34. The van der Waals surface area contributed by atoms with E-state index in [1.54, 1.807) is 4.68 Å². The second kappa shape index (κ2) is 4.52. The van der Waals surface area contributed by atoms with E-state index in [0.717, 1.165) is 6.42 Å². The standard InChI is InChI=1S/C10H14N4O3/c1-2-7-9(10(16)17)12-13-14(7)5-6-3-4-8(15)11-6/h6H,2-5H2,1H3,(H,11,15)(H,16,17). The van der Waals surface area contributed by atoms with Gasteiger partial charge in [-0.15, -0.1) is 5.10 Å². The lowest BCUT2D eigenvalue weighted by Crippen LogP contribution is -2.30. The molecule has 0 aliphatic carbocycles. The Morgan fingerprint density at radius 3 is 2.94 bits per heavy atom. The Hall–Kier alpha value is -1.92. The van der Waals surface area contributed by atoms with Crippen molar-refractivity contribution in [2.75, 3.05) is 0 Å². The van der Waals surface area contributed by atoms with E-state index >= 15 is 0 Å². The normalized spacial score (nSPS) is 19.4. The summed E-state index contributed by atoms with van der Waals surface area (Å²) in [7, 11) is 0. The average Bonchev–Trinajstić information content (AvgIpc) is 2.85. The highest BCUT2D eigenvalue weighted by Gasteiger charge is 2.24. The van der Waals surface area contributed by atoms with Gasteiger partial charge in [0, 0.05) is 12.5 Å². The minimum absolute atomic E-state index is 0.00294. The predicted octanol–water partition coefficient (Wildman–Crippen LogP) is -0.183. The van der Waals surface area contributed by atoms with Crippen molar-refractivity contribution in [1.29, 1.82) is 0 Å². The largest absolute Gasteiger partial charge is 0.476 e. The Morgan fingerprint density at radius 2 is 2.41 bits per heavy atom. The van der Waals surface area contributed by atoms with Crippen molar-refractivity contribution in [3.8, 4) is 0 Å². The van der Waals surface area contributed by atoms with E-state index in [0.29, 0.717) is 25.1 Å². The molecule has 2 N–H and O–H groups in total. The number of carboxylic acid groups (broad SMARTS) is 1. The zero-order chi connectivity index (χ0) is 12.4. The monoisotopic (exact) mass is 238 g/mol. The number of carbonyl (C=O) groups excluding carboxylic acids is 1. The van der Waals surface area contributed by atoms with Crippen molar-refractivity contribution < 1.29 is 14.7 Å². The van der Waals surface area contributed by atoms with Gasteiger partial charge in [0.1, 0.15) is 0 Å². The Morgan fingerprint density at radius 1 is 1.65 bits per heavy atom. The maximum absolute atomic E-state index is 11.1.